The van der Waals surface area contributed by atoms with Crippen molar-refractivity contribution in [1.82, 2.24) is 14.7 Å². The SMILES string of the molecule is CCc1c(NC(=O)N2CCC(C(=O)O)C2)cnn1-c1cccc(C(F)(F)F)c1. The Labute approximate surface area is 158 Å². The number of rotatable bonds is 4. The predicted octanol–water partition coefficient (Wildman–Crippen LogP) is 3.39. The van der Waals surface area contributed by atoms with Crippen molar-refractivity contribution >= 4 is 17.7 Å². The average molecular weight is 396 g/mol. The Morgan fingerprint density at radius 3 is 2.71 bits per heavy atom. The number of anilines is 1. The van der Waals surface area contributed by atoms with Gasteiger partial charge in [0.05, 0.1) is 34.7 Å². The minimum absolute atomic E-state index is 0.115. The lowest BCUT2D eigenvalue weighted by atomic mass is 10.1. The Bertz CT molecular complexity index is 894. The molecule has 0 aliphatic carbocycles. The maximum Gasteiger partial charge on any atom is 0.416 e. The van der Waals surface area contributed by atoms with Crippen LogP contribution in [0.15, 0.2) is 30.5 Å². The Morgan fingerprint density at radius 2 is 2.11 bits per heavy atom. The molecule has 1 aliphatic heterocycles. The van der Waals surface area contributed by atoms with Crippen LogP contribution in [0, 0.1) is 5.92 Å². The van der Waals surface area contributed by atoms with Crippen LogP contribution < -0.4 is 5.32 Å². The molecule has 1 aliphatic rings. The Balaban J connectivity index is 1.81. The van der Waals surface area contributed by atoms with Gasteiger partial charge >= 0.3 is 18.2 Å². The maximum atomic E-state index is 13.0. The second kappa shape index (κ2) is 7.53. The standard InChI is InChI=1S/C18H19F3N4O3/c1-2-15-14(23-17(28)24-7-6-11(10-24)16(26)27)9-22-25(15)13-5-3-4-12(8-13)18(19,20)21/h3-5,8-9,11H,2,6-7,10H2,1H3,(H,23,28)(H,26,27). The molecule has 2 aromatic rings. The molecule has 3 rings (SSSR count). The number of carbonyl (C=O) groups excluding carboxylic acids is 1. The predicted molar refractivity (Wildman–Crippen MR) is 94.3 cm³/mol. The molecule has 2 heterocycles. The first-order chi connectivity index (χ1) is 13.2. The summed E-state index contributed by atoms with van der Waals surface area (Å²) in [5.41, 5.74) is 0.370. The molecular formula is C18H19F3N4O3. The summed E-state index contributed by atoms with van der Waals surface area (Å²) in [6.45, 7) is 2.24. The number of likely N-dealkylation sites (tertiary alicyclic amines) is 1. The molecule has 0 spiro atoms. The zero-order valence-corrected chi connectivity index (χ0v) is 15.0. The van der Waals surface area contributed by atoms with Gasteiger partial charge in [0.2, 0.25) is 0 Å². The van der Waals surface area contributed by atoms with Crippen LogP contribution in [0.1, 0.15) is 24.6 Å². The third-order valence-electron chi connectivity index (χ3n) is 4.69. The molecule has 1 saturated heterocycles. The van der Waals surface area contributed by atoms with E-state index in [1.807, 2.05) is 0 Å². The van der Waals surface area contributed by atoms with Crippen molar-refractivity contribution in [3.63, 3.8) is 0 Å². The number of carbonyl (C=O) groups is 2. The van der Waals surface area contributed by atoms with Crippen LogP contribution in [0.2, 0.25) is 0 Å². The molecule has 0 radical (unpaired) electrons. The van der Waals surface area contributed by atoms with Gasteiger partial charge in [0.25, 0.3) is 0 Å². The van der Waals surface area contributed by atoms with Crippen molar-refractivity contribution in [3.05, 3.63) is 41.7 Å². The van der Waals surface area contributed by atoms with Gasteiger partial charge in [0.1, 0.15) is 0 Å². The number of benzene rings is 1. The van der Waals surface area contributed by atoms with Gasteiger partial charge in [-0.15, -0.1) is 0 Å². The normalized spacial score (nSPS) is 17.0. The molecule has 28 heavy (non-hydrogen) atoms. The second-order valence-corrected chi connectivity index (χ2v) is 6.52. The van der Waals surface area contributed by atoms with Gasteiger partial charge < -0.3 is 15.3 Å². The first kappa shape index (κ1) is 19.7. The number of nitrogens with zero attached hydrogens (tertiary/aromatic N) is 3. The minimum Gasteiger partial charge on any atom is -0.481 e. The van der Waals surface area contributed by atoms with Crippen LogP contribution >= 0.6 is 0 Å². The van der Waals surface area contributed by atoms with E-state index in [-0.39, 0.29) is 12.2 Å². The van der Waals surface area contributed by atoms with Crippen LogP contribution in [0.5, 0.6) is 0 Å². The summed E-state index contributed by atoms with van der Waals surface area (Å²) in [5.74, 6) is -1.54. The molecule has 1 aromatic carbocycles. The molecule has 150 valence electrons. The van der Waals surface area contributed by atoms with Gasteiger partial charge in [0, 0.05) is 13.1 Å². The van der Waals surface area contributed by atoms with E-state index in [1.54, 1.807) is 6.92 Å². The maximum absolute atomic E-state index is 13.0. The molecule has 0 bridgehead atoms. The summed E-state index contributed by atoms with van der Waals surface area (Å²) in [4.78, 5) is 24.9. The van der Waals surface area contributed by atoms with Gasteiger partial charge in [-0.25, -0.2) is 9.48 Å². The highest BCUT2D eigenvalue weighted by Crippen LogP contribution is 2.31. The van der Waals surface area contributed by atoms with Crippen LogP contribution in [0.3, 0.4) is 0 Å². The molecule has 1 unspecified atom stereocenters. The van der Waals surface area contributed by atoms with Gasteiger partial charge in [0.15, 0.2) is 0 Å². The molecule has 0 saturated carbocycles. The lowest BCUT2D eigenvalue weighted by Crippen LogP contribution is -2.34. The number of aromatic nitrogens is 2. The Morgan fingerprint density at radius 1 is 1.36 bits per heavy atom. The summed E-state index contributed by atoms with van der Waals surface area (Å²) in [5, 5.41) is 15.9. The molecule has 1 aromatic heterocycles. The zero-order chi connectivity index (χ0) is 20.5. The molecule has 2 amide bonds. The van der Waals surface area contributed by atoms with Crippen molar-refractivity contribution in [1.29, 1.82) is 0 Å². The minimum atomic E-state index is -4.47. The number of carboxylic acid groups (broad SMARTS) is 1. The smallest absolute Gasteiger partial charge is 0.416 e. The van der Waals surface area contributed by atoms with E-state index >= 15 is 0 Å². The van der Waals surface area contributed by atoms with E-state index in [9.17, 15) is 22.8 Å². The number of aliphatic carboxylic acids is 1. The number of nitrogens with one attached hydrogen (secondary N) is 1. The number of halogens is 3. The number of alkyl halides is 3. The van der Waals surface area contributed by atoms with Gasteiger partial charge in [-0.1, -0.05) is 13.0 Å². The lowest BCUT2D eigenvalue weighted by molar-refractivity contribution is -0.141. The lowest BCUT2D eigenvalue weighted by Gasteiger charge is -2.17. The van der Waals surface area contributed by atoms with Crippen LogP contribution in [-0.4, -0.2) is 44.9 Å². The third-order valence-corrected chi connectivity index (χ3v) is 4.69. The van der Waals surface area contributed by atoms with Crippen molar-refractivity contribution < 1.29 is 27.9 Å². The monoisotopic (exact) mass is 396 g/mol. The highest BCUT2D eigenvalue weighted by molar-refractivity contribution is 5.90. The van der Waals surface area contributed by atoms with Gasteiger partial charge in [-0.05, 0) is 31.0 Å². The van der Waals surface area contributed by atoms with Crippen molar-refractivity contribution in [2.45, 2.75) is 25.9 Å². The van der Waals surface area contributed by atoms with E-state index in [0.717, 1.165) is 12.1 Å². The summed E-state index contributed by atoms with van der Waals surface area (Å²) in [6.07, 6.45) is -2.29. The van der Waals surface area contributed by atoms with E-state index < -0.39 is 29.7 Å². The van der Waals surface area contributed by atoms with Gasteiger partial charge in [-0.3, -0.25) is 4.79 Å². The highest BCUT2D eigenvalue weighted by Gasteiger charge is 2.32. The van der Waals surface area contributed by atoms with E-state index in [1.165, 1.54) is 27.9 Å². The number of hydrogen-bond donors (Lipinski definition) is 2. The number of hydrogen-bond acceptors (Lipinski definition) is 3. The number of carboxylic acids is 1. The fourth-order valence-corrected chi connectivity index (χ4v) is 3.20. The number of urea groups is 1. The molecule has 10 heteroatoms. The molecular weight excluding hydrogens is 377 g/mol. The van der Waals surface area contributed by atoms with Crippen LogP contribution in [0.25, 0.3) is 5.69 Å². The van der Waals surface area contributed by atoms with Crippen molar-refractivity contribution in [2.75, 3.05) is 18.4 Å². The summed E-state index contributed by atoms with van der Waals surface area (Å²) in [6, 6.07) is 4.32. The quantitative estimate of drug-likeness (QED) is 0.829. The highest BCUT2D eigenvalue weighted by atomic mass is 19.4. The largest absolute Gasteiger partial charge is 0.481 e. The third kappa shape index (κ3) is 3.95. The topological polar surface area (TPSA) is 87.5 Å². The summed E-state index contributed by atoms with van der Waals surface area (Å²) in [7, 11) is 0. The number of amides is 2. The van der Waals surface area contributed by atoms with Crippen molar-refractivity contribution in [2.24, 2.45) is 5.92 Å². The molecule has 2 N–H and O–H groups in total. The Kier molecular flexibility index (Phi) is 5.30. The van der Waals surface area contributed by atoms with Crippen molar-refractivity contribution in [3.8, 4) is 5.69 Å². The zero-order valence-electron chi connectivity index (χ0n) is 15.0. The summed E-state index contributed by atoms with van der Waals surface area (Å²) < 4.78 is 40.3. The molecule has 1 atom stereocenters. The second-order valence-electron chi connectivity index (χ2n) is 6.52. The van der Waals surface area contributed by atoms with Crippen LogP contribution in [0.4, 0.5) is 23.7 Å². The van der Waals surface area contributed by atoms with E-state index in [4.69, 9.17) is 5.11 Å². The first-order valence-corrected chi connectivity index (χ1v) is 8.74. The van der Waals surface area contributed by atoms with E-state index in [0.29, 0.717) is 30.8 Å². The molecule has 1 fully saturated rings. The summed E-state index contributed by atoms with van der Waals surface area (Å²) >= 11 is 0. The van der Waals surface area contributed by atoms with Gasteiger partial charge in [-0.2, -0.15) is 18.3 Å². The van der Waals surface area contributed by atoms with Crippen LogP contribution in [-0.2, 0) is 17.4 Å². The average Bonchev–Trinajstić information content (AvgIpc) is 3.28. The Hall–Kier alpha value is -3.04. The molecule has 7 nitrogen and oxygen atoms in total. The fraction of sp³-hybridized carbons (Fsp3) is 0.389. The first-order valence-electron chi connectivity index (χ1n) is 8.74. The van der Waals surface area contributed by atoms with E-state index in [2.05, 4.69) is 10.4 Å². The fourth-order valence-electron chi connectivity index (χ4n) is 3.20.